The van der Waals surface area contributed by atoms with E-state index in [1.54, 1.807) is 44.9 Å². The molecule has 0 heterocycles. The molecule has 1 fully saturated rings. The van der Waals surface area contributed by atoms with E-state index in [1.165, 1.54) is 19.6 Å². The Morgan fingerprint density at radius 2 is 1.85 bits per heavy atom. The first-order valence-electron chi connectivity index (χ1n) is 9.45. The van der Waals surface area contributed by atoms with Crippen LogP contribution >= 0.6 is 0 Å². The van der Waals surface area contributed by atoms with Crippen LogP contribution in [-0.2, 0) is 10.0 Å². The zero-order valence-electron chi connectivity index (χ0n) is 17.2. The molecule has 0 bridgehead atoms. The van der Waals surface area contributed by atoms with Crippen LogP contribution in [-0.4, -0.2) is 45.0 Å². The highest BCUT2D eigenvalue weighted by atomic mass is 32.2. The molecule has 0 aliphatic heterocycles. The molecule has 1 aliphatic carbocycles. The van der Waals surface area contributed by atoms with E-state index in [4.69, 9.17) is 4.74 Å². The summed E-state index contributed by atoms with van der Waals surface area (Å²) in [6.45, 7) is 7.48. The van der Waals surface area contributed by atoms with Gasteiger partial charge in [-0.05, 0) is 57.7 Å². The average molecular weight is 397 g/mol. The molecular formula is C20H32N2O4S. The molecule has 1 amide bonds. The van der Waals surface area contributed by atoms with E-state index in [0.717, 1.165) is 19.3 Å². The summed E-state index contributed by atoms with van der Waals surface area (Å²) in [6, 6.07) is 4.77. The predicted molar refractivity (Wildman–Crippen MR) is 107 cm³/mol. The van der Waals surface area contributed by atoms with Gasteiger partial charge in [-0.1, -0.05) is 19.8 Å². The van der Waals surface area contributed by atoms with Gasteiger partial charge in [0, 0.05) is 24.2 Å². The standard InChI is InChI=1S/C20H32N2O4S/c1-14-9-7-8-10-16(14)22(5)19(23)15-11-12-17(26-6)18(13-15)27(24,25)21-20(2,3)4/h11-14,16,21H,7-10H2,1-6H3. The van der Waals surface area contributed by atoms with Crippen LogP contribution in [0.1, 0.15) is 63.7 Å². The molecule has 1 N–H and O–H groups in total. The molecule has 7 heteroatoms. The molecule has 6 nitrogen and oxygen atoms in total. The summed E-state index contributed by atoms with van der Waals surface area (Å²) < 4.78 is 33.5. The minimum atomic E-state index is -3.82. The van der Waals surface area contributed by atoms with Crippen molar-refractivity contribution in [3.63, 3.8) is 0 Å². The Bertz CT molecular complexity index is 784. The van der Waals surface area contributed by atoms with E-state index in [9.17, 15) is 13.2 Å². The number of carbonyl (C=O) groups excluding carboxylic acids is 1. The number of nitrogens with zero attached hydrogens (tertiary/aromatic N) is 1. The summed E-state index contributed by atoms with van der Waals surface area (Å²) in [7, 11) is -0.598. The molecule has 27 heavy (non-hydrogen) atoms. The third-order valence-corrected chi connectivity index (χ3v) is 6.80. The second-order valence-electron chi connectivity index (χ2n) is 8.47. The average Bonchev–Trinajstić information content (AvgIpc) is 2.58. The van der Waals surface area contributed by atoms with Crippen molar-refractivity contribution in [2.75, 3.05) is 14.2 Å². The largest absolute Gasteiger partial charge is 0.495 e. The first kappa shape index (κ1) is 21.7. The van der Waals surface area contributed by atoms with Gasteiger partial charge in [0.15, 0.2) is 0 Å². The topological polar surface area (TPSA) is 75.7 Å². The number of sulfonamides is 1. The fraction of sp³-hybridized carbons (Fsp3) is 0.650. The van der Waals surface area contributed by atoms with Crippen LogP contribution in [0, 0.1) is 5.92 Å². The number of methoxy groups -OCH3 is 1. The van der Waals surface area contributed by atoms with Crippen LogP contribution < -0.4 is 9.46 Å². The van der Waals surface area contributed by atoms with Crippen LogP contribution in [0.5, 0.6) is 5.75 Å². The lowest BCUT2D eigenvalue weighted by atomic mass is 9.85. The molecule has 1 aromatic carbocycles. The second-order valence-corrected chi connectivity index (χ2v) is 10.1. The summed E-state index contributed by atoms with van der Waals surface area (Å²) in [6.07, 6.45) is 4.41. The molecule has 2 atom stereocenters. The molecule has 1 aliphatic rings. The summed E-state index contributed by atoms with van der Waals surface area (Å²) in [4.78, 5) is 14.8. The lowest BCUT2D eigenvalue weighted by Crippen LogP contribution is -2.43. The van der Waals surface area contributed by atoms with Crippen molar-refractivity contribution in [3.05, 3.63) is 23.8 Å². The number of rotatable bonds is 5. The summed E-state index contributed by atoms with van der Waals surface area (Å²) >= 11 is 0. The van der Waals surface area contributed by atoms with Crippen molar-refractivity contribution >= 4 is 15.9 Å². The maximum atomic E-state index is 13.0. The highest BCUT2D eigenvalue weighted by Gasteiger charge is 2.30. The molecule has 1 saturated carbocycles. The normalized spacial score (nSPS) is 21.0. The molecule has 1 aromatic rings. The molecule has 0 spiro atoms. The Balaban J connectivity index is 2.37. The summed E-state index contributed by atoms with van der Waals surface area (Å²) in [5.74, 6) is 0.498. The number of amides is 1. The van der Waals surface area contributed by atoms with Gasteiger partial charge in [-0.25, -0.2) is 13.1 Å². The van der Waals surface area contributed by atoms with Gasteiger partial charge < -0.3 is 9.64 Å². The van der Waals surface area contributed by atoms with Gasteiger partial charge in [-0.2, -0.15) is 0 Å². The van der Waals surface area contributed by atoms with Gasteiger partial charge in [0.2, 0.25) is 10.0 Å². The Kier molecular flexibility index (Phi) is 6.58. The van der Waals surface area contributed by atoms with Crippen LogP contribution in [0.3, 0.4) is 0 Å². The number of nitrogens with one attached hydrogen (secondary N) is 1. The van der Waals surface area contributed by atoms with Gasteiger partial charge in [-0.15, -0.1) is 0 Å². The number of benzene rings is 1. The molecule has 0 radical (unpaired) electrons. The molecule has 0 saturated heterocycles. The maximum absolute atomic E-state index is 13.0. The van der Waals surface area contributed by atoms with Crippen LogP contribution in [0.25, 0.3) is 0 Å². The quantitative estimate of drug-likeness (QED) is 0.827. The van der Waals surface area contributed by atoms with Gasteiger partial charge in [0.25, 0.3) is 5.91 Å². The highest BCUT2D eigenvalue weighted by Crippen LogP contribution is 2.30. The summed E-state index contributed by atoms with van der Waals surface area (Å²) in [5.41, 5.74) is -0.289. The fourth-order valence-corrected chi connectivity index (χ4v) is 5.32. The Hall–Kier alpha value is -1.60. The first-order valence-corrected chi connectivity index (χ1v) is 10.9. The third-order valence-electron chi connectivity index (χ3n) is 5.02. The number of hydrogen-bond donors (Lipinski definition) is 1. The predicted octanol–water partition coefficient (Wildman–Crippen LogP) is 3.42. The van der Waals surface area contributed by atoms with Gasteiger partial charge >= 0.3 is 0 Å². The fourth-order valence-electron chi connectivity index (χ4n) is 3.70. The van der Waals surface area contributed by atoms with Gasteiger partial charge in [0.05, 0.1) is 7.11 Å². The third kappa shape index (κ3) is 5.23. The van der Waals surface area contributed by atoms with E-state index in [-0.39, 0.29) is 22.6 Å². The van der Waals surface area contributed by atoms with Crippen molar-refractivity contribution in [2.24, 2.45) is 5.92 Å². The number of hydrogen-bond acceptors (Lipinski definition) is 4. The van der Waals surface area contributed by atoms with Crippen LogP contribution in [0.4, 0.5) is 0 Å². The summed E-state index contributed by atoms with van der Waals surface area (Å²) in [5, 5.41) is 0. The molecule has 152 valence electrons. The van der Waals surface area contributed by atoms with Crippen molar-refractivity contribution in [2.45, 2.75) is 69.9 Å². The van der Waals surface area contributed by atoms with E-state index in [2.05, 4.69) is 11.6 Å². The van der Waals surface area contributed by atoms with E-state index >= 15 is 0 Å². The van der Waals surface area contributed by atoms with Crippen molar-refractivity contribution < 1.29 is 17.9 Å². The molecule has 2 unspecified atom stereocenters. The van der Waals surface area contributed by atoms with Crippen molar-refractivity contribution in [1.29, 1.82) is 0 Å². The smallest absolute Gasteiger partial charge is 0.253 e. The lowest BCUT2D eigenvalue weighted by Gasteiger charge is -2.36. The SMILES string of the molecule is COc1ccc(C(=O)N(C)C2CCCCC2C)cc1S(=O)(=O)NC(C)(C)C. The number of ether oxygens (including phenoxy) is 1. The van der Waals surface area contributed by atoms with Crippen molar-refractivity contribution in [1.82, 2.24) is 9.62 Å². The lowest BCUT2D eigenvalue weighted by molar-refractivity contribution is 0.0628. The van der Waals surface area contributed by atoms with E-state index in [1.807, 2.05) is 0 Å². The van der Waals surface area contributed by atoms with E-state index in [0.29, 0.717) is 11.5 Å². The maximum Gasteiger partial charge on any atom is 0.253 e. The van der Waals surface area contributed by atoms with Gasteiger partial charge in [0.1, 0.15) is 10.6 Å². The molecular weight excluding hydrogens is 364 g/mol. The molecule has 2 rings (SSSR count). The zero-order chi connectivity index (χ0) is 20.4. The first-order chi connectivity index (χ1) is 12.5. The van der Waals surface area contributed by atoms with Crippen LogP contribution in [0.15, 0.2) is 23.1 Å². The Morgan fingerprint density at radius 3 is 2.41 bits per heavy atom. The van der Waals surface area contributed by atoms with Crippen LogP contribution in [0.2, 0.25) is 0 Å². The van der Waals surface area contributed by atoms with E-state index < -0.39 is 15.6 Å². The minimum Gasteiger partial charge on any atom is -0.495 e. The number of carbonyl (C=O) groups is 1. The molecule has 0 aromatic heterocycles. The zero-order valence-corrected chi connectivity index (χ0v) is 18.0. The van der Waals surface area contributed by atoms with Gasteiger partial charge in [-0.3, -0.25) is 4.79 Å². The minimum absolute atomic E-state index is 0.0177. The monoisotopic (exact) mass is 396 g/mol. The second kappa shape index (κ2) is 8.19. The Labute approximate surface area is 163 Å². The van der Waals surface area contributed by atoms with Crippen molar-refractivity contribution in [3.8, 4) is 5.75 Å². The highest BCUT2D eigenvalue weighted by molar-refractivity contribution is 7.89. The Morgan fingerprint density at radius 1 is 1.22 bits per heavy atom.